The zero-order chi connectivity index (χ0) is 17.4. The fourth-order valence-corrected chi connectivity index (χ4v) is 3.23. The van der Waals surface area contributed by atoms with Crippen LogP contribution >= 0.6 is 0 Å². The monoisotopic (exact) mass is 331 g/mol. The van der Waals surface area contributed by atoms with Crippen LogP contribution in [0.3, 0.4) is 0 Å². The number of nitrogens with one attached hydrogen (secondary N) is 3. The van der Waals surface area contributed by atoms with Crippen molar-refractivity contribution >= 4 is 11.8 Å². The molecule has 5 nitrogen and oxygen atoms in total. The van der Waals surface area contributed by atoms with Crippen molar-refractivity contribution in [3.63, 3.8) is 0 Å². The molecule has 24 heavy (non-hydrogen) atoms. The van der Waals surface area contributed by atoms with Crippen LogP contribution in [-0.4, -0.2) is 31.4 Å². The van der Waals surface area contributed by atoms with E-state index in [1.54, 1.807) is 6.07 Å². The van der Waals surface area contributed by atoms with E-state index < -0.39 is 0 Å². The Morgan fingerprint density at radius 1 is 1.25 bits per heavy atom. The molecule has 1 aliphatic heterocycles. The van der Waals surface area contributed by atoms with Gasteiger partial charge in [-0.05, 0) is 62.4 Å². The van der Waals surface area contributed by atoms with E-state index in [0.29, 0.717) is 36.9 Å². The number of carbonyl (C=O) groups is 2. The number of piperidine rings is 1. The SMILES string of the molecule is CCNC(=O)c1cccc(CNC(=O)CC(C)C2CCNCC2)c1. The normalized spacial score (nSPS) is 16.4. The minimum atomic E-state index is -0.0785. The van der Waals surface area contributed by atoms with Crippen molar-refractivity contribution < 1.29 is 9.59 Å². The highest BCUT2D eigenvalue weighted by Crippen LogP contribution is 2.24. The molecule has 132 valence electrons. The average molecular weight is 331 g/mol. The maximum Gasteiger partial charge on any atom is 0.251 e. The molecular weight excluding hydrogens is 302 g/mol. The molecular formula is C19H29N3O2. The average Bonchev–Trinajstić information content (AvgIpc) is 2.61. The van der Waals surface area contributed by atoms with Crippen LogP contribution in [0.15, 0.2) is 24.3 Å². The Hall–Kier alpha value is -1.88. The fraction of sp³-hybridized carbons (Fsp3) is 0.579. The topological polar surface area (TPSA) is 70.2 Å². The smallest absolute Gasteiger partial charge is 0.251 e. The number of benzene rings is 1. The lowest BCUT2D eigenvalue weighted by atomic mass is 9.84. The van der Waals surface area contributed by atoms with E-state index in [-0.39, 0.29) is 11.8 Å². The van der Waals surface area contributed by atoms with Gasteiger partial charge in [0.15, 0.2) is 0 Å². The number of amides is 2. The lowest BCUT2D eigenvalue weighted by molar-refractivity contribution is -0.122. The maximum atomic E-state index is 12.2. The summed E-state index contributed by atoms with van der Waals surface area (Å²) >= 11 is 0. The second-order valence-electron chi connectivity index (χ2n) is 6.61. The summed E-state index contributed by atoms with van der Waals surface area (Å²) in [4.78, 5) is 24.0. The first-order chi connectivity index (χ1) is 11.6. The number of hydrogen-bond acceptors (Lipinski definition) is 3. The molecule has 0 aromatic heterocycles. The summed E-state index contributed by atoms with van der Waals surface area (Å²) in [6.45, 7) is 7.25. The largest absolute Gasteiger partial charge is 0.352 e. The van der Waals surface area contributed by atoms with Crippen LogP contribution in [0.1, 0.15) is 49.0 Å². The van der Waals surface area contributed by atoms with Crippen LogP contribution < -0.4 is 16.0 Å². The Kier molecular flexibility index (Phi) is 7.25. The molecule has 1 atom stereocenters. The summed E-state index contributed by atoms with van der Waals surface area (Å²) in [6.07, 6.45) is 2.88. The minimum absolute atomic E-state index is 0.0785. The first-order valence-electron chi connectivity index (χ1n) is 8.94. The van der Waals surface area contributed by atoms with Crippen LogP contribution in [0, 0.1) is 11.8 Å². The highest BCUT2D eigenvalue weighted by Gasteiger charge is 2.21. The lowest BCUT2D eigenvalue weighted by Crippen LogP contribution is -2.33. The van der Waals surface area contributed by atoms with Crippen molar-refractivity contribution in [2.75, 3.05) is 19.6 Å². The predicted molar refractivity (Wildman–Crippen MR) is 95.7 cm³/mol. The van der Waals surface area contributed by atoms with Crippen molar-refractivity contribution in [1.29, 1.82) is 0 Å². The molecule has 1 unspecified atom stereocenters. The number of hydrogen-bond donors (Lipinski definition) is 3. The second kappa shape index (κ2) is 9.42. The summed E-state index contributed by atoms with van der Waals surface area (Å²) in [5, 5.41) is 9.13. The molecule has 0 saturated carbocycles. The molecule has 0 radical (unpaired) electrons. The van der Waals surface area contributed by atoms with Crippen LogP contribution in [0.2, 0.25) is 0 Å². The molecule has 1 aromatic carbocycles. The summed E-state index contributed by atoms with van der Waals surface area (Å²) in [5.41, 5.74) is 1.58. The quantitative estimate of drug-likeness (QED) is 0.716. The molecule has 1 aromatic rings. The molecule has 1 fully saturated rings. The van der Waals surface area contributed by atoms with Gasteiger partial charge in [0.2, 0.25) is 5.91 Å². The van der Waals surface area contributed by atoms with E-state index in [1.165, 1.54) is 0 Å². The molecule has 3 N–H and O–H groups in total. The second-order valence-corrected chi connectivity index (χ2v) is 6.61. The van der Waals surface area contributed by atoms with Gasteiger partial charge in [0.05, 0.1) is 0 Å². The van der Waals surface area contributed by atoms with E-state index in [1.807, 2.05) is 25.1 Å². The predicted octanol–water partition coefficient (Wildman–Crippen LogP) is 2.08. The van der Waals surface area contributed by atoms with Crippen molar-refractivity contribution in [2.24, 2.45) is 11.8 Å². The summed E-state index contributed by atoms with van der Waals surface area (Å²) in [7, 11) is 0. The fourth-order valence-electron chi connectivity index (χ4n) is 3.23. The first-order valence-corrected chi connectivity index (χ1v) is 8.94. The molecule has 0 aliphatic carbocycles. The third-order valence-corrected chi connectivity index (χ3v) is 4.71. The third-order valence-electron chi connectivity index (χ3n) is 4.71. The molecule has 1 heterocycles. The van der Waals surface area contributed by atoms with Gasteiger partial charge in [-0.2, -0.15) is 0 Å². The van der Waals surface area contributed by atoms with Gasteiger partial charge < -0.3 is 16.0 Å². The standard InChI is InChI=1S/C19H29N3O2/c1-3-21-19(24)17-6-4-5-15(12-17)13-22-18(23)11-14(2)16-7-9-20-10-8-16/h4-6,12,14,16,20H,3,7-11,13H2,1-2H3,(H,21,24)(H,22,23). The minimum Gasteiger partial charge on any atom is -0.352 e. The number of rotatable bonds is 7. The van der Waals surface area contributed by atoms with Crippen molar-refractivity contribution in [3.05, 3.63) is 35.4 Å². The maximum absolute atomic E-state index is 12.2. The van der Waals surface area contributed by atoms with E-state index in [2.05, 4.69) is 22.9 Å². The zero-order valence-corrected chi connectivity index (χ0v) is 14.7. The Morgan fingerprint density at radius 2 is 2.00 bits per heavy atom. The Balaban J connectivity index is 1.80. The van der Waals surface area contributed by atoms with E-state index in [0.717, 1.165) is 31.5 Å². The van der Waals surface area contributed by atoms with E-state index in [4.69, 9.17) is 0 Å². The Labute approximate surface area is 144 Å². The number of carbonyl (C=O) groups excluding carboxylic acids is 2. The van der Waals surface area contributed by atoms with Crippen LogP contribution in [0.5, 0.6) is 0 Å². The highest BCUT2D eigenvalue weighted by molar-refractivity contribution is 5.94. The highest BCUT2D eigenvalue weighted by atomic mass is 16.2. The van der Waals surface area contributed by atoms with E-state index >= 15 is 0 Å². The van der Waals surface area contributed by atoms with E-state index in [9.17, 15) is 9.59 Å². The van der Waals surface area contributed by atoms with Crippen LogP contribution in [-0.2, 0) is 11.3 Å². The molecule has 0 spiro atoms. The van der Waals surface area contributed by atoms with Crippen molar-refractivity contribution in [1.82, 2.24) is 16.0 Å². The Morgan fingerprint density at radius 3 is 2.71 bits per heavy atom. The molecule has 1 saturated heterocycles. The van der Waals surface area contributed by atoms with Crippen molar-refractivity contribution in [2.45, 2.75) is 39.7 Å². The summed E-state index contributed by atoms with van der Waals surface area (Å²) in [6, 6.07) is 7.40. The van der Waals surface area contributed by atoms with Crippen molar-refractivity contribution in [3.8, 4) is 0 Å². The van der Waals surface area contributed by atoms with Gasteiger partial charge in [0.1, 0.15) is 0 Å². The van der Waals surface area contributed by atoms with Gasteiger partial charge >= 0.3 is 0 Å². The van der Waals surface area contributed by atoms with Gasteiger partial charge in [-0.3, -0.25) is 9.59 Å². The summed E-state index contributed by atoms with van der Waals surface area (Å²) < 4.78 is 0. The van der Waals surface area contributed by atoms with Crippen LogP contribution in [0.25, 0.3) is 0 Å². The van der Waals surface area contributed by atoms with Gasteiger partial charge in [-0.15, -0.1) is 0 Å². The molecule has 2 amide bonds. The molecule has 5 heteroatoms. The van der Waals surface area contributed by atoms with Gasteiger partial charge in [0, 0.05) is 25.1 Å². The van der Waals surface area contributed by atoms with Crippen LogP contribution in [0.4, 0.5) is 0 Å². The Bertz CT molecular complexity index is 553. The first kappa shape index (κ1) is 18.5. The van der Waals surface area contributed by atoms with Gasteiger partial charge in [-0.25, -0.2) is 0 Å². The molecule has 1 aliphatic rings. The molecule has 2 rings (SSSR count). The zero-order valence-electron chi connectivity index (χ0n) is 14.7. The lowest BCUT2D eigenvalue weighted by Gasteiger charge is -2.27. The van der Waals surface area contributed by atoms with Gasteiger partial charge in [0.25, 0.3) is 5.91 Å². The molecule has 0 bridgehead atoms. The third kappa shape index (κ3) is 5.64. The summed E-state index contributed by atoms with van der Waals surface area (Å²) in [5.74, 6) is 1.06. The van der Waals surface area contributed by atoms with Gasteiger partial charge in [-0.1, -0.05) is 19.1 Å².